The van der Waals surface area contributed by atoms with E-state index in [1.165, 1.54) is 23.8 Å². The summed E-state index contributed by atoms with van der Waals surface area (Å²) in [4.78, 5) is 36.3. The van der Waals surface area contributed by atoms with Crippen molar-refractivity contribution in [2.45, 2.75) is 25.3 Å². The molecule has 1 aliphatic rings. The van der Waals surface area contributed by atoms with E-state index in [0.29, 0.717) is 5.02 Å². The van der Waals surface area contributed by atoms with Crippen LogP contribution in [0.5, 0.6) is 0 Å². The highest BCUT2D eigenvalue weighted by Gasteiger charge is 2.21. The Morgan fingerprint density at radius 1 is 0.966 bits per heavy atom. The Labute approximate surface area is 179 Å². The minimum atomic E-state index is -0.495. The van der Waals surface area contributed by atoms with E-state index in [-0.39, 0.29) is 35.6 Å². The summed E-state index contributed by atoms with van der Waals surface area (Å²) in [5.41, 5.74) is 2.60. The largest absolute Gasteiger partial charge is 0.348 e. The zero-order chi connectivity index (χ0) is 20.8. The van der Waals surface area contributed by atoms with Gasteiger partial charge in [-0.3, -0.25) is 14.4 Å². The third-order valence-corrected chi connectivity index (χ3v) is 5.28. The first-order valence-corrected chi connectivity index (χ1v) is 10.1. The molecule has 29 heavy (non-hydrogen) atoms. The lowest BCUT2D eigenvalue weighted by Crippen LogP contribution is -2.43. The van der Waals surface area contributed by atoms with E-state index in [0.717, 1.165) is 24.8 Å². The quantitative estimate of drug-likeness (QED) is 0.653. The van der Waals surface area contributed by atoms with E-state index in [1.54, 1.807) is 0 Å². The van der Waals surface area contributed by atoms with E-state index in [4.69, 9.17) is 23.2 Å². The molecule has 1 aliphatic carbocycles. The monoisotopic (exact) mass is 433 g/mol. The molecule has 152 valence electrons. The van der Waals surface area contributed by atoms with Gasteiger partial charge in [0.25, 0.3) is 5.91 Å². The number of amides is 3. The van der Waals surface area contributed by atoms with Crippen LogP contribution in [0.1, 0.15) is 40.4 Å². The highest BCUT2D eigenvalue weighted by molar-refractivity contribution is 6.36. The Morgan fingerprint density at radius 3 is 2.52 bits per heavy atom. The molecule has 0 heterocycles. The van der Waals surface area contributed by atoms with Crippen LogP contribution in [0.4, 0.5) is 0 Å². The number of aryl methyl sites for hydroxylation is 1. The second kappa shape index (κ2) is 9.76. The highest BCUT2D eigenvalue weighted by atomic mass is 35.5. The number of halogens is 2. The van der Waals surface area contributed by atoms with Crippen molar-refractivity contribution in [1.82, 2.24) is 16.0 Å². The average molecular weight is 434 g/mol. The van der Waals surface area contributed by atoms with E-state index >= 15 is 0 Å². The molecular formula is C21H21Cl2N3O3. The molecule has 2 aromatic carbocycles. The van der Waals surface area contributed by atoms with E-state index < -0.39 is 11.8 Å². The van der Waals surface area contributed by atoms with Gasteiger partial charge < -0.3 is 16.0 Å². The van der Waals surface area contributed by atoms with Crippen molar-refractivity contribution in [3.8, 4) is 0 Å². The maximum absolute atomic E-state index is 12.2. The molecule has 0 bridgehead atoms. The lowest BCUT2D eigenvalue weighted by molar-refractivity contribution is -0.126. The summed E-state index contributed by atoms with van der Waals surface area (Å²) in [6.07, 6.45) is 2.89. The molecule has 8 heteroatoms. The number of rotatable bonds is 6. The van der Waals surface area contributed by atoms with E-state index in [1.807, 2.05) is 18.2 Å². The number of hydrogen-bond acceptors (Lipinski definition) is 3. The summed E-state index contributed by atoms with van der Waals surface area (Å²) < 4.78 is 0. The fourth-order valence-corrected chi connectivity index (χ4v) is 3.81. The van der Waals surface area contributed by atoms with Crippen LogP contribution in [0.2, 0.25) is 10.0 Å². The minimum Gasteiger partial charge on any atom is -0.348 e. The lowest BCUT2D eigenvalue weighted by atomic mass is 9.88. The van der Waals surface area contributed by atoms with Gasteiger partial charge in [0.05, 0.1) is 29.7 Å². The molecule has 3 N–H and O–H groups in total. The normalized spacial score (nSPS) is 15.2. The van der Waals surface area contributed by atoms with Crippen LogP contribution < -0.4 is 16.0 Å². The van der Waals surface area contributed by atoms with Gasteiger partial charge in [-0.1, -0.05) is 47.5 Å². The number of nitrogens with one attached hydrogen (secondary N) is 3. The molecule has 1 atom stereocenters. The Morgan fingerprint density at radius 2 is 1.72 bits per heavy atom. The smallest absolute Gasteiger partial charge is 0.253 e. The third kappa shape index (κ3) is 5.71. The second-order valence-corrected chi connectivity index (χ2v) is 7.64. The van der Waals surface area contributed by atoms with Crippen molar-refractivity contribution in [2.24, 2.45) is 0 Å². The van der Waals surface area contributed by atoms with Crippen molar-refractivity contribution in [1.29, 1.82) is 0 Å². The van der Waals surface area contributed by atoms with Crippen molar-refractivity contribution in [3.05, 3.63) is 69.2 Å². The van der Waals surface area contributed by atoms with Gasteiger partial charge in [0.2, 0.25) is 11.8 Å². The second-order valence-electron chi connectivity index (χ2n) is 6.79. The fourth-order valence-electron chi connectivity index (χ4n) is 3.32. The minimum absolute atomic E-state index is 0.0453. The lowest BCUT2D eigenvalue weighted by Gasteiger charge is -2.26. The van der Waals surface area contributed by atoms with Gasteiger partial charge in [-0.15, -0.1) is 0 Å². The predicted molar refractivity (Wildman–Crippen MR) is 112 cm³/mol. The molecular weight excluding hydrogens is 413 g/mol. The van der Waals surface area contributed by atoms with Crippen LogP contribution in [0.3, 0.4) is 0 Å². The molecule has 0 unspecified atom stereocenters. The Bertz CT molecular complexity index is 933. The molecule has 3 rings (SSSR count). The molecule has 2 aromatic rings. The summed E-state index contributed by atoms with van der Waals surface area (Å²) in [7, 11) is 0. The zero-order valence-corrected chi connectivity index (χ0v) is 17.1. The van der Waals surface area contributed by atoms with Gasteiger partial charge in [0, 0.05) is 5.02 Å². The molecule has 0 spiro atoms. The zero-order valence-electron chi connectivity index (χ0n) is 15.6. The summed E-state index contributed by atoms with van der Waals surface area (Å²) in [5, 5.41) is 8.55. The Balaban J connectivity index is 1.44. The maximum atomic E-state index is 12.2. The summed E-state index contributed by atoms with van der Waals surface area (Å²) in [6, 6.07) is 12.5. The summed E-state index contributed by atoms with van der Waals surface area (Å²) in [5.74, 6) is -1.24. The molecule has 0 fully saturated rings. The molecule has 0 saturated heterocycles. The standard InChI is InChI=1S/C21H21Cl2N3O3/c22-14-8-9-16(17(23)10-14)21(29)25-11-19(27)24-12-20(28)26-18-7-3-5-13-4-1-2-6-15(13)18/h1-2,4,6,8-10,18H,3,5,7,11-12H2,(H,24,27)(H,25,29)(H,26,28)/t18-/m1/s1. The highest BCUT2D eigenvalue weighted by Crippen LogP contribution is 2.29. The first-order valence-electron chi connectivity index (χ1n) is 9.31. The van der Waals surface area contributed by atoms with E-state index in [9.17, 15) is 14.4 Å². The Hall–Kier alpha value is -2.57. The van der Waals surface area contributed by atoms with E-state index in [2.05, 4.69) is 22.0 Å². The SMILES string of the molecule is O=C(CNC(=O)c1ccc(Cl)cc1Cl)NCC(=O)N[C@@H]1CCCc2ccccc21. The molecule has 3 amide bonds. The van der Waals surface area contributed by atoms with Gasteiger partial charge in [-0.2, -0.15) is 0 Å². The fraction of sp³-hybridized carbons (Fsp3) is 0.286. The van der Waals surface area contributed by atoms with Crippen molar-refractivity contribution in [2.75, 3.05) is 13.1 Å². The van der Waals surface area contributed by atoms with Gasteiger partial charge in [0.1, 0.15) is 0 Å². The number of carbonyl (C=O) groups excluding carboxylic acids is 3. The number of carbonyl (C=O) groups is 3. The third-order valence-electron chi connectivity index (χ3n) is 4.74. The van der Waals surface area contributed by atoms with Crippen molar-refractivity contribution >= 4 is 40.9 Å². The van der Waals surface area contributed by atoms with Crippen LogP contribution in [-0.4, -0.2) is 30.8 Å². The number of hydrogen-bond donors (Lipinski definition) is 3. The topological polar surface area (TPSA) is 87.3 Å². The molecule has 6 nitrogen and oxygen atoms in total. The summed E-state index contributed by atoms with van der Waals surface area (Å²) in [6.45, 7) is -0.424. The first kappa shape index (κ1) is 21.1. The molecule has 0 saturated carbocycles. The van der Waals surface area contributed by atoms with Gasteiger partial charge in [-0.05, 0) is 48.6 Å². The molecule has 0 aliphatic heterocycles. The molecule has 0 aromatic heterocycles. The van der Waals surface area contributed by atoms with Crippen LogP contribution in [0.15, 0.2) is 42.5 Å². The Kier molecular flexibility index (Phi) is 7.12. The van der Waals surface area contributed by atoms with Gasteiger partial charge >= 0.3 is 0 Å². The number of benzene rings is 2. The summed E-state index contributed by atoms with van der Waals surface area (Å²) >= 11 is 11.8. The predicted octanol–water partition coefficient (Wildman–Crippen LogP) is 3.03. The van der Waals surface area contributed by atoms with Crippen LogP contribution in [0, 0.1) is 0 Å². The van der Waals surface area contributed by atoms with Gasteiger partial charge in [0.15, 0.2) is 0 Å². The first-order chi connectivity index (χ1) is 13.9. The average Bonchev–Trinajstić information content (AvgIpc) is 2.71. The van der Waals surface area contributed by atoms with Gasteiger partial charge in [-0.25, -0.2) is 0 Å². The van der Waals surface area contributed by atoms with Crippen molar-refractivity contribution in [3.63, 3.8) is 0 Å². The maximum Gasteiger partial charge on any atom is 0.253 e. The van der Waals surface area contributed by atoms with Crippen LogP contribution >= 0.6 is 23.2 Å². The van der Waals surface area contributed by atoms with Crippen LogP contribution in [0.25, 0.3) is 0 Å². The van der Waals surface area contributed by atoms with Crippen LogP contribution in [-0.2, 0) is 16.0 Å². The molecule has 0 radical (unpaired) electrons. The van der Waals surface area contributed by atoms with Crippen molar-refractivity contribution < 1.29 is 14.4 Å². The number of fused-ring (bicyclic) bond motifs is 1.